The number of aromatic nitrogens is 4. The van der Waals surface area contributed by atoms with Crippen LogP contribution in [0.3, 0.4) is 0 Å². The maximum absolute atomic E-state index is 11.9. The number of rotatable bonds is 3. The summed E-state index contributed by atoms with van der Waals surface area (Å²) in [5, 5.41) is 8.14. The van der Waals surface area contributed by atoms with Crippen molar-refractivity contribution in [2.45, 2.75) is 6.92 Å². The first-order valence-electron chi connectivity index (χ1n) is 7.44. The van der Waals surface area contributed by atoms with Crippen LogP contribution in [-0.4, -0.2) is 70.3 Å². The fourth-order valence-corrected chi connectivity index (χ4v) is 2.78. The number of nitrogens with one attached hydrogen (secondary N) is 1. The highest BCUT2D eigenvalue weighted by Crippen LogP contribution is 2.24. The van der Waals surface area contributed by atoms with Gasteiger partial charge in [0, 0.05) is 33.2 Å². The third-order valence-corrected chi connectivity index (χ3v) is 3.94. The third kappa shape index (κ3) is 2.61. The van der Waals surface area contributed by atoms with Gasteiger partial charge in [0.1, 0.15) is 11.6 Å². The highest BCUT2D eigenvalue weighted by atomic mass is 16.2. The standard InChI is InChI=1S/C14H21N7O/c1-10-17-13-11(8-16-19(13)3)14(18-10)21-6-4-20(5-7-21)12(22)9-15-2/h8,15H,4-7,9H2,1-3H3. The van der Waals surface area contributed by atoms with Crippen LogP contribution in [0, 0.1) is 6.92 Å². The molecule has 0 radical (unpaired) electrons. The lowest BCUT2D eigenvalue weighted by atomic mass is 10.2. The summed E-state index contributed by atoms with van der Waals surface area (Å²) in [6.07, 6.45) is 1.81. The maximum atomic E-state index is 11.9. The lowest BCUT2D eigenvalue weighted by Gasteiger charge is -2.35. The van der Waals surface area contributed by atoms with E-state index in [-0.39, 0.29) is 5.91 Å². The summed E-state index contributed by atoms with van der Waals surface area (Å²) in [6, 6.07) is 0. The van der Waals surface area contributed by atoms with Crippen LogP contribution in [0.25, 0.3) is 11.0 Å². The number of aryl methyl sites for hydroxylation is 2. The van der Waals surface area contributed by atoms with Gasteiger partial charge in [-0.1, -0.05) is 0 Å². The predicted octanol–water partition coefficient (Wildman–Crippen LogP) is -0.460. The van der Waals surface area contributed by atoms with E-state index in [1.165, 1.54) is 0 Å². The Morgan fingerprint density at radius 2 is 2.00 bits per heavy atom. The number of amides is 1. The van der Waals surface area contributed by atoms with Gasteiger partial charge < -0.3 is 15.1 Å². The Labute approximate surface area is 129 Å². The minimum Gasteiger partial charge on any atom is -0.352 e. The van der Waals surface area contributed by atoms with Gasteiger partial charge in [0.05, 0.1) is 18.1 Å². The lowest BCUT2D eigenvalue weighted by molar-refractivity contribution is -0.130. The number of likely N-dealkylation sites (N-methyl/N-ethyl adjacent to an activating group) is 1. The molecule has 1 saturated heterocycles. The Hall–Kier alpha value is -2.22. The van der Waals surface area contributed by atoms with Gasteiger partial charge in [0.2, 0.25) is 5.91 Å². The van der Waals surface area contributed by atoms with Crippen molar-refractivity contribution >= 4 is 22.8 Å². The summed E-state index contributed by atoms with van der Waals surface area (Å²) in [5.74, 6) is 1.80. The molecule has 8 nitrogen and oxygen atoms in total. The van der Waals surface area contributed by atoms with Gasteiger partial charge in [0.15, 0.2) is 5.65 Å². The van der Waals surface area contributed by atoms with Gasteiger partial charge in [-0.05, 0) is 14.0 Å². The zero-order chi connectivity index (χ0) is 15.7. The number of anilines is 1. The van der Waals surface area contributed by atoms with E-state index in [2.05, 4.69) is 25.3 Å². The van der Waals surface area contributed by atoms with Gasteiger partial charge in [-0.2, -0.15) is 5.10 Å². The Bertz CT molecular complexity index is 688. The number of hydrogen-bond acceptors (Lipinski definition) is 6. The van der Waals surface area contributed by atoms with E-state index in [0.717, 1.165) is 35.8 Å². The van der Waals surface area contributed by atoms with Gasteiger partial charge in [0.25, 0.3) is 0 Å². The van der Waals surface area contributed by atoms with Gasteiger partial charge in [-0.3, -0.25) is 9.48 Å². The van der Waals surface area contributed by atoms with Crippen LogP contribution >= 0.6 is 0 Å². The Kier molecular flexibility index (Phi) is 3.93. The molecule has 118 valence electrons. The molecule has 0 saturated carbocycles. The van der Waals surface area contributed by atoms with Crippen molar-refractivity contribution in [1.29, 1.82) is 0 Å². The van der Waals surface area contributed by atoms with Crippen molar-refractivity contribution in [2.75, 3.05) is 44.7 Å². The third-order valence-electron chi connectivity index (χ3n) is 3.94. The van der Waals surface area contributed by atoms with E-state index in [4.69, 9.17) is 0 Å². The molecule has 0 unspecified atom stereocenters. The first-order chi connectivity index (χ1) is 10.6. The van der Waals surface area contributed by atoms with Crippen LogP contribution in [-0.2, 0) is 11.8 Å². The number of hydrogen-bond donors (Lipinski definition) is 1. The highest BCUT2D eigenvalue weighted by molar-refractivity contribution is 5.87. The number of nitrogens with zero attached hydrogens (tertiary/aromatic N) is 6. The minimum atomic E-state index is 0.146. The zero-order valence-corrected chi connectivity index (χ0v) is 13.2. The summed E-state index contributed by atoms with van der Waals surface area (Å²) in [5.41, 5.74) is 0.844. The van der Waals surface area contributed by atoms with Crippen molar-refractivity contribution in [3.63, 3.8) is 0 Å². The first kappa shape index (κ1) is 14.7. The minimum absolute atomic E-state index is 0.146. The molecule has 0 atom stereocenters. The smallest absolute Gasteiger partial charge is 0.236 e. The van der Waals surface area contributed by atoms with Gasteiger partial charge in [-0.15, -0.1) is 0 Å². The first-order valence-corrected chi connectivity index (χ1v) is 7.44. The molecule has 2 aromatic rings. The van der Waals surface area contributed by atoms with Crippen molar-refractivity contribution < 1.29 is 4.79 Å². The van der Waals surface area contributed by atoms with Gasteiger partial charge >= 0.3 is 0 Å². The molecule has 0 spiro atoms. The van der Waals surface area contributed by atoms with E-state index in [1.807, 2.05) is 25.1 Å². The van der Waals surface area contributed by atoms with E-state index in [9.17, 15) is 4.79 Å². The van der Waals surface area contributed by atoms with Crippen molar-refractivity contribution in [3.8, 4) is 0 Å². The van der Waals surface area contributed by atoms with Crippen LogP contribution in [0.2, 0.25) is 0 Å². The molecule has 1 aliphatic rings. The Morgan fingerprint density at radius 1 is 1.27 bits per heavy atom. The highest BCUT2D eigenvalue weighted by Gasteiger charge is 2.23. The molecule has 3 rings (SSSR count). The molecule has 1 amide bonds. The van der Waals surface area contributed by atoms with Crippen molar-refractivity contribution in [1.82, 2.24) is 30.0 Å². The van der Waals surface area contributed by atoms with Crippen molar-refractivity contribution in [2.24, 2.45) is 7.05 Å². The summed E-state index contributed by atoms with van der Waals surface area (Å²) < 4.78 is 1.76. The molecule has 0 bridgehead atoms. The molecular weight excluding hydrogens is 282 g/mol. The monoisotopic (exact) mass is 303 g/mol. The SMILES string of the molecule is CNCC(=O)N1CCN(c2nc(C)nc3c2cnn3C)CC1. The number of carbonyl (C=O) groups excluding carboxylic acids is 1. The second-order valence-corrected chi connectivity index (χ2v) is 5.50. The van der Waals surface area contributed by atoms with Crippen LogP contribution in [0.1, 0.15) is 5.82 Å². The van der Waals surface area contributed by atoms with E-state index in [1.54, 1.807) is 11.7 Å². The normalized spacial score (nSPS) is 15.6. The largest absolute Gasteiger partial charge is 0.352 e. The summed E-state index contributed by atoms with van der Waals surface area (Å²) in [7, 11) is 3.67. The number of carbonyl (C=O) groups is 1. The van der Waals surface area contributed by atoms with Crippen molar-refractivity contribution in [3.05, 3.63) is 12.0 Å². The second-order valence-electron chi connectivity index (χ2n) is 5.50. The van der Waals surface area contributed by atoms with Crippen LogP contribution in [0.15, 0.2) is 6.20 Å². The van der Waals surface area contributed by atoms with E-state index >= 15 is 0 Å². The molecule has 1 aliphatic heterocycles. The molecule has 0 aromatic carbocycles. The molecule has 3 heterocycles. The Morgan fingerprint density at radius 3 is 2.68 bits per heavy atom. The molecule has 8 heteroatoms. The van der Waals surface area contributed by atoms with Crippen LogP contribution in [0.4, 0.5) is 5.82 Å². The number of fused-ring (bicyclic) bond motifs is 1. The quantitative estimate of drug-likeness (QED) is 0.826. The topological polar surface area (TPSA) is 79.2 Å². The summed E-state index contributed by atoms with van der Waals surface area (Å²) in [4.78, 5) is 25.1. The van der Waals surface area contributed by atoms with E-state index in [0.29, 0.717) is 19.6 Å². The fraction of sp³-hybridized carbons (Fsp3) is 0.571. The average Bonchev–Trinajstić information content (AvgIpc) is 2.88. The van der Waals surface area contributed by atoms with Crippen LogP contribution < -0.4 is 10.2 Å². The second kappa shape index (κ2) is 5.88. The molecule has 22 heavy (non-hydrogen) atoms. The lowest BCUT2D eigenvalue weighted by Crippen LogP contribution is -2.50. The molecule has 2 aromatic heterocycles. The number of piperazine rings is 1. The fourth-order valence-electron chi connectivity index (χ4n) is 2.78. The van der Waals surface area contributed by atoms with Crippen LogP contribution in [0.5, 0.6) is 0 Å². The van der Waals surface area contributed by atoms with E-state index < -0.39 is 0 Å². The molecular formula is C14H21N7O. The summed E-state index contributed by atoms with van der Waals surface area (Å²) >= 11 is 0. The summed E-state index contributed by atoms with van der Waals surface area (Å²) in [6.45, 7) is 5.25. The maximum Gasteiger partial charge on any atom is 0.236 e. The van der Waals surface area contributed by atoms with Gasteiger partial charge in [-0.25, -0.2) is 9.97 Å². The average molecular weight is 303 g/mol. The Balaban J connectivity index is 1.81. The molecule has 1 fully saturated rings. The molecule has 0 aliphatic carbocycles. The predicted molar refractivity (Wildman–Crippen MR) is 83.8 cm³/mol. The zero-order valence-electron chi connectivity index (χ0n) is 13.2. The molecule has 1 N–H and O–H groups in total.